The summed E-state index contributed by atoms with van der Waals surface area (Å²) in [5, 5.41) is 1.56. The zero-order chi connectivity index (χ0) is 9.03. The summed E-state index contributed by atoms with van der Waals surface area (Å²) in [5.41, 5.74) is 0. The van der Waals surface area contributed by atoms with Gasteiger partial charge in [-0.15, -0.1) is 0 Å². The molecule has 0 N–H and O–H groups in total. The van der Waals surface area contributed by atoms with Crippen molar-refractivity contribution < 1.29 is 4.43 Å². The molecule has 0 fully saturated rings. The fourth-order valence-electron chi connectivity index (χ4n) is 1.91. The molecule has 0 spiro atoms. The van der Waals surface area contributed by atoms with Crippen LogP contribution in [0.5, 0.6) is 0 Å². The minimum absolute atomic E-state index is 1.13. The van der Waals surface area contributed by atoms with Gasteiger partial charge in [-0.05, 0) is 18.5 Å². The zero-order valence-electron chi connectivity index (χ0n) is 8.26. The SMILES string of the molecule is CC[Si](CC)(OC)C1=CC=CC1. The Labute approximate surface area is 76.3 Å². The van der Waals surface area contributed by atoms with Crippen LogP contribution < -0.4 is 0 Å². The monoisotopic (exact) mass is 182 g/mol. The van der Waals surface area contributed by atoms with Crippen LogP contribution >= 0.6 is 0 Å². The van der Waals surface area contributed by atoms with E-state index in [2.05, 4.69) is 32.1 Å². The summed E-state index contributed by atoms with van der Waals surface area (Å²) < 4.78 is 5.75. The number of allylic oxidation sites excluding steroid dienone is 4. The summed E-state index contributed by atoms with van der Waals surface area (Å²) in [5.74, 6) is 0. The van der Waals surface area contributed by atoms with Gasteiger partial charge in [0, 0.05) is 7.11 Å². The lowest BCUT2D eigenvalue weighted by Gasteiger charge is -2.28. The van der Waals surface area contributed by atoms with Crippen molar-refractivity contribution >= 4 is 8.32 Å². The van der Waals surface area contributed by atoms with Crippen LogP contribution in [-0.2, 0) is 4.43 Å². The standard InChI is InChI=1S/C10H18OSi/c1-4-12(5-2,11-3)10-8-6-7-9-10/h6-8H,4-5,9H2,1-3H3. The maximum Gasteiger partial charge on any atom is 0.219 e. The first-order valence-corrected chi connectivity index (χ1v) is 7.02. The summed E-state index contributed by atoms with van der Waals surface area (Å²) in [6.07, 6.45) is 7.76. The molecule has 1 aliphatic rings. The van der Waals surface area contributed by atoms with Crippen LogP contribution in [0.2, 0.25) is 12.1 Å². The first kappa shape index (κ1) is 9.74. The maximum atomic E-state index is 5.75. The molecule has 1 nitrogen and oxygen atoms in total. The first-order valence-electron chi connectivity index (χ1n) is 4.70. The van der Waals surface area contributed by atoms with Crippen LogP contribution in [0.25, 0.3) is 0 Å². The third-order valence-corrected chi connectivity index (χ3v) is 7.50. The Bertz CT molecular complexity index is 194. The maximum absolute atomic E-state index is 5.75. The summed E-state index contributed by atoms with van der Waals surface area (Å²) >= 11 is 0. The van der Waals surface area contributed by atoms with Crippen LogP contribution in [0.15, 0.2) is 23.4 Å². The molecule has 0 saturated carbocycles. The van der Waals surface area contributed by atoms with E-state index in [-0.39, 0.29) is 0 Å². The van der Waals surface area contributed by atoms with Gasteiger partial charge in [-0.25, -0.2) is 0 Å². The highest BCUT2D eigenvalue weighted by atomic mass is 28.4. The topological polar surface area (TPSA) is 9.23 Å². The lowest BCUT2D eigenvalue weighted by Crippen LogP contribution is -2.37. The molecule has 0 aromatic rings. The van der Waals surface area contributed by atoms with Crippen molar-refractivity contribution in [2.24, 2.45) is 0 Å². The smallest absolute Gasteiger partial charge is 0.219 e. The molecule has 0 unspecified atom stereocenters. The van der Waals surface area contributed by atoms with Crippen molar-refractivity contribution in [3.63, 3.8) is 0 Å². The molecule has 12 heavy (non-hydrogen) atoms. The molecule has 0 bridgehead atoms. The molecule has 0 atom stereocenters. The van der Waals surface area contributed by atoms with Crippen LogP contribution in [0.3, 0.4) is 0 Å². The Morgan fingerprint density at radius 3 is 2.42 bits per heavy atom. The summed E-state index contributed by atoms with van der Waals surface area (Å²) in [6.45, 7) is 4.50. The second kappa shape index (κ2) is 4.05. The Morgan fingerprint density at radius 2 is 2.08 bits per heavy atom. The highest BCUT2D eigenvalue weighted by Gasteiger charge is 2.34. The molecule has 0 saturated heterocycles. The molecule has 0 aromatic carbocycles. The highest BCUT2D eigenvalue weighted by Crippen LogP contribution is 2.29. The van der Waals surface area contributed by atoms with E-state index in [0.29, 0.717) is 0 Å². The molecule has 68 valence electrons. The van der Waals surface area contributed by atoms with Gasteiger partial charge in [-0.1, -0.05) is 37.3 Å². The average Bonchev–Trinajstić information content (AvgIpc) is 2.62. The van der Waals surface area contributed by atoms with Crippen LogP contribution in [0.1, 0.15) is 20.3 Å². The highest BCUT2D eigenvalue weighted by molar-refractivity contribution is 6.80. The van der Waals surface area contributed by atoms with E-state index in [1.165, 1.54) is 12.1 Å². The van der Waals surface area contributed by atoms with Gasteiger partial charge in [0.15, 0.2) is 0 Å². The van der Waals surface area contributed by atoms with Crippen molar-refractivity contribution in [1.82, 2.24) is 0 Å². The Morgan fingerprint density at radius 1 is 1.42 bits per heavy atom. The van der Waals surface area contributed by atoms with Crippen molar-refractivity contribution in [1.29, 1.82) is 0 Å². The second-order valence-corrected chi connectivity index (χ2v) is 7.68. The molecule has 1 rings (SSSR count). The Balaban J connectivity index is 2.77. The van der Waals surface area contributed by atoms with E-state index >= 15 is 0 Å². The average molecular weight is 182 g/mol. The lowest BCUT2D eigenvalue weighted by molar-refractivity contribution is 0.400. The van der Waals surface area contributed by atoms with Gasteiger partial charge in [-0.3, -0.25) is 0 Å². The molecule has 0 aliphatic heterocycles. The minimum atomic E-state index is -1.49. The minimum Gasteiger partial charge on any atom is -0.416 e. The van der Waals surface area contributed by atoms with Crippen molar-refractivity contribution in [3.8, 4) is 0 Å². The first-order chi connectivity index (χ1) is 5.79. The van der Waals surface area contributed by atoms with Gasteiger partial charge < -0.3 is 4.43 Å². The van der Waals surface area contributed by atoms with Gasteiger partial charge in [0.25, 0.3) is 0 Å². The molecule has 0 radical (unpaired) electrons. The molecule has 0 aromatic heterocycles. The van der Waals surface area contributed by atoms with Crippen molar-refractivity contribution in [3.05, 3.63) is 23.4 Å². The normalized spacial score (nSPS) is 16.8. The number of hydrogen-bond acceptors (Lipinski definition) is 1. The third kappa shape index (κ3) is 1.54. The molecular formula is C10H18OSi. The fraction of sp³-hybridized carbons (Fsp3) is 0.600. The van der Waals surface area contributed by atoms with Crippen molar-refractivity contribution in [2.45, 2.75) is 32.4 Å². The predicted molar refractivity (Wildman–Crippen MR) is 55.6 cm³/mol. The number of hydrogen-bond donors (Lipinski definition) is 0. The molecule has 1 aliphatic carbocycles. The van der Waals surface area contributed by atoms with Gasteiger partial charge in [0.1, 0.15) is 0 Å². The largest absolute Gasteiger partial charge is 0.416 e. The van der Waals surface area contributed by atoms with E-state index in [4.69, 9.17) is 4.43 Å². The summed E-state index contributed by atoms with van der Waals surface area (Å²) in [7, 11) is 0.388. The molecule has 0 amide bonds. The van der Waals surface area contributed by atoms with Gasteiger partial charge in [0.05, 0.1) is 0 Å². The molecule has 0 heterocycles. The summed E-state index contributed by atoms with van der Waals surface area (Å²) in [6, 6.07) is 2.40. The summed E-state index contributed by atoms with van der Waals surface area (Å²) in [4.78, 5) is 0. The number of rotatable bonds is 4. The zero-order valence-corrected chi connectivity index (χ0v) is 9.26. The fourth-order valence-corrected chi connectivity index (χ4v) is 5.05. The van der Waals surface area contributed by atoms with E-state index in [1.54, 1.807) is 5.20 Å². The third-order valence-electron chi connectivity index (χ3n) is 2.89. The predicted octanol–water partition coefficient (Wildman–Crippen LogP) is 3.04. The Kier molecular flexibility index (Phi) is 3.29. The Hall–Kier alpha value is -0.343. The lowest BCUT2D eigenvalue weighted by atomic mass is 10.5. The molecular weight excluding hydrogens is 164 g/mol. The van der Waals surface area contributed by atoms with Crippen LogP contribution in [-0.4, -0.2) is 15.4 Å². The van der Waals surface area contributed by atoms with Gasteiger partial charge >= 0.3 is 0 Å². The van der Waals surface area contributed by atoms with Crippen LogP contribution in [0.4, 0.5) is 0 Å². The van der Waals surface area contributed by atoms with E-state index in [0.717, 1.165) is 6.42 Å². The van der Waals surface area contributed by atoms with E-state index in [1.807, 2.05) is 7.11 Å². The quantitative estimate of drug-likeness (QED) is 0.607. The van der Waals surface area contributed by atoms with Crippen molar-refractivity contribution in [2.75, 3.05) is 7.11 Å². The van der Waals surface area contributed by atoms with Crippen LogP contribution in [0, 0.1) is 0 Å². The van der Waals surface area contributed by atoms with Gasteiger partial charge in [-0.2, -0.15) is 0 Å². The second-order valence-electron chi connectivity index (χ2n) is 3.23. The van der Waals surface area contributed by atoms with Gasteiger partial charge in [0.2, 0.25) is 8.32 Å². The molecule has 2 heteroatoms. The van der Waals surface area contributed by atoms with E-state index in [9.17, 15) is 0 Å². The van der Waals surface area contributed by atoms with E-state index < -0.39 is 8.32 Å².